The van der Waals surface area contributed by atoms with E-state index in [2.05, 4.69) is 197 Å². The summed E-state index contributed by atoms with van der Waals surface area (Å²) in [6, 6.07) is 71.2. The maximum absolute atomic E-state index is 6.57. The van der Waals surface area contributed by atoms with Crippen LogP contribution in [0.15, 0.2) is 211 Å². The van der Waals surface area contributed by atoms with Crippen LogP contribution in [0, 0.1) is 0 Å². The van der Waals surface area contributed by atoms with E-state index in [1.807, 2.05) is 18.3 Å². The standard InChI is InChI=1S/C56H34N4O/c1-3-13-35(14-4-1)47-34-39-15-12-30-57-55(39)56(58-47)60-49-22-10-8-19-43(49)45-33-38(25-28-51(45)60)41-20-11-23-53-54(41)46-32-37(26-29-52(46)61-53)36-24-27-50-44(31-36)42-18-7-9-21-48(42)59(50)40-16-5-2-6-17-40/h1-34H. The van der Waals surface area contributed by atoms with E-state index in [-0.39, 0.29) is 0 Å². The number of aromatic nitrogens is 4. The van der Waals surface area contributed by atoms with E-state index in [0.717, 1.165) is 94.1 Å². The molecule has 0 radical (unpaired) electrons. The number of hydrogen-bond donors (Lipinski definition) is 0. The molecular weight excluding hydrogens is 745 g/mol. The molecule has 5 nitrogen and oxygen atoms in total. The maximum atomic E-state index is 6.57. The van der Waals surface area contributed by atoms with Crippen LogP contribution in [0.1, 0.15) is 0 Å². The Kier molecular flexibility index (Phi) is 7.24. The smallest absolute Gasteiger partial charge is 0.164 e. The van der Waals surface area contributed by atoms with Crippen LogP contribution in [0.2, 0.25) is 0 Å². The fraction of sp³-hybridized carbons (Fsp3) is 0. The van der Waals surface area contributed by atoms with Crippen molar-refractivity contribution in [2.45, 2.75) is 0 Å². The Morgan fingerprint density at radius 2 is 1.02 bits per heavy atom. The van der Waals surface area contributed by atoms with Crippen molar-refractivity contribution in [3.05, 3.63) is 206 Å². The zero-order valence-corrected chi connectivity index (χ0v) is 32.8. The number of rotatable bonds is 5. The van der Waals surface area contributed by atoms with Gasteiger partial charge in [0.2, 0.25) is 0 Å². The molecular formula is C56H34N4O. The van der Waals surface area contributed by atoms with Gasteiger partial charge in [-0.2, -0.15) is 0 Å². The third-order valence-electron chi connectivity index (χ3n) is 12.3. The van der Waals surface area contributed by atoms with Crippen molar-refractivity contribution in [1.29, 1.82) is 0 Å². The van der Waals surface area contributed by atoms with E-state index in [9.17, 15) is 0 Å². The molecule has 13 aromatic rings. The minimum absolute atomic E-state index is 0.814. The predicted octanol–water partition coefficient (Wildman–Crippen LogP) is 14.7. The van der Waals surface area contributed by atoms with Gasteiger partial charge in [0.1, 0.15) is 16.7 Å². The molecule has 5 heterocycles. The Morgan fingerprint density at radius 3 is 1.80 bits per heavy atom. The Bertz CT molecular complexity index is 3880. The first kappa shape index (κ1) is 33.7. The zero-order chi connectivity index (χ0) is 40.0. The molecule has 0 saturated carbocycles. The summed E-state index contributed by atoms with van der Waals surface area (Å²) < 4.78 is 11.2. The highest BCUT2D eigenvalue weighted by Crippen LogP contribution is 2.42. The van der Waals surface area contributed by atoms with Crippen LogP contribution in [-0.2, 0) is 0 Å². The van der Waals surface area contributed by atoms with Crippen molar-refractivity contribution < 1.29 is 4.42 Å². The molecule has 0 saturated heterocycles. The van der Waals surface area contributed by atoms with Gasteiger partial charge in [-0.05, 0) is 101 Å². The summed E-state index contributed by atoms with van der Waals surface area (Å²) in [6.45, 7) is 0. The van der Waals surface area contributed by atoms with E-state index < -0.39 is 0 Å². The molecule has 0 atom stereocenters. The van der Waals surface area contributed by atoms with Gasteiger partial charge in [0, 0.05) is 55.2 Å². The summed E-state index contributed by atoms with van der Waals surface area (Å²) in [6.07, 6.45) is 1.85. The molecule has 0 fully saturated rings. The van der Waals surface area contributed by atoms with Crippen LogP contribution in [-0.4, -0.2) is 19.1 Å². The first-order valence-corrected chi connectivity index (χ1v) is 20.6. The average molecular weight is 779 g/mol. The number of nitrogens with zero attached hydrogens (tertiary/aromatic N) is 4. The molecule has 8 aromatic carbocycles. The SMILES string of the molecule is c1ccc(-c2cc3cccnc3c(-n3c4ccccc4c4cc(-c5cccc6oc7ccc(-c8ccc9c(c8)c8ccccc8n9-c8ccccc8)cc7c56)ccc43)n2)cc1. The van der Waals surface area contributed by atoms with E-state index in [1.165, 1.54) is 27.4 Å². The average Bonchev–Trinajstić information content (AvgIpc) is 3.99. The largest absolute Gasteiger partial charge is 0.456 e. The minimum Gasteiger partial charge on any atom is -0.456 e. The van der Waals surface area contributed by atoms with Crippen LogP contribution < -0.4 is 0 Å². The molecule has 284 valence electrons. The Morgan fingerprint density at radius 1 is 0.393 bits per heavy atom. The molecule has 0 N–H and O–H groups in total. The maximum Gasteiger partial charge on any atom is 0.164 e. The lowest BCUT2D eigenvalue weighted by molar-refractivity contribution is 0.669. The van der Waals surface area contributed by atoms with E-state index in [1.54, 1.807) is 0 Å². The molecule has 0 spiro atoms. The summed E-state index contributed by atoms with van der Waals surface area (Å²) in [5, 5.41) is 8.02. The van der Waals surface area contributed by atoms with Crippen molar-refractivity contribution in [2.24, 2.45) is 0 Å². The van der Waals surface area contributed by atoms with Gasteiger partial charge in [-0.25, -0.2) is 4.98 Å². The molecule has 0 aliphatic rings. The van der Waals surface area contributed by atoms with Gasteiger partial charge in [-0.3, -0.25) is 9.55 Å². The van der Waals surface area contributed by atoms with E-state index in [0.29, 0.717) is 0 Å². The second-order valence-electron chi connectivity index (χ2n) is 15.8. The molecule has 0 aliphatic carbocycles. The Labute approximate surface area is 350 Å². The topological polar surface area (TPSA) is 48.8 Å². The number of hydrogen-bond acceptors (Lipinski definition) is 3. The molecule has 61 heavy (non-hydrogen) atoms. The first-order chi connectivity index (χ1) is 30.2. The summed E-state index contributed by atoms with van der Waals surface area (Å²) in [7, 11) is 0. The number of para-hydroxylation sites is 3. The third-order valence-corrected chi connectivity index (χ3v) is 12.3. The Hall–Kier alpha value is -8.28. The second-order valence-corrected chi connectivity index (χ2v) is 15.8. The van der Waals surface area contributed by atoms with Crippen molar-refractivity contribution >= 4 is 76.5 Å². The molecule has 0 unspecified atom stereocenters. The molecule has 5 heteroatoms. The predicted molar refractivity (Wildman–Crippen MR) is 252 cm³/mol. The van der Waals surface area contributed by atoms with Crippen LogP contribution >= 0.6 is 0 Å². The van der Waals surface area contributed by atoms with E-state index in [4.69, 9.17) is 14.4 Å². The fourth-order valence-corrected chi connectivity index (χ4v) is 9.60. The highest BCUT2D eigenvalue weighted by molar-refractivity contribution is 6.16. The molecule has 0 amide bonds. The second kappa shape index (κ2) is 13.1. The highest BCUT2D eigenvalue weighted by Gasteiger charge is 2.20. The summed E-state index contributed by atoms with van der Waals surface area (Å²) >= 11 is 0. The zero-order valence-electron chi connectivity index (χ0n) is 32.8. The van der Waals surface area contributed by atoms with Gasteiger partial charge in [0.05, 0.1) is 27.8 Å². The third kappa shape index (κ3) is 5.14. The highest BCUT2D eigenvalue weighted by atomic mass is 16.3. The minimum atomic E-state index is 0.814. The van der Waals surface area contributed by atoms with Crippen LogP contribution in [0.25, 0.3) is 121 Å². The summed E-state index contributed by atoms with van der Waals surface area (Å²) in [5.74, 6) is 0.814. The van der Waals surface area contributed by atoms with Gasteiger partial charge >= 0.3 is 0 Å². The number of benzene rings is 8. The number of pyridine rings is 2. The number of furan rings is 1. The first-order valence-electron chi connectivity index (χ1n) is 20.6. The van der Waals surface area contributed by atoms with Gasteiger partial charge in [0.15, 0.2) is 5.82 Å². The summed E-state index contributed by atoms with van der Waals surface area (Å²) in [5.41, 5.74) is 14.8. The van der Waals surface area contributed by atoms with Crippen molar-refractivity contribution in [3.8, 4) is 45.0 Å². The number of fused-ring (bicyclic) bond motifs is 10. The van der Waals surface area contributed by atoms with Gasteiger partial charge in [-0.15, -0.1) is 0 Å². The van der Waals surface area contributed by atoms with E-state index >= 15 is 0 Å². The lowest BCUT2D eigenvalue weighted by Gasteiger charge is -2.13. The lowest BCUT2D eigenvalue weighted by atomic mass is 9.96. The normalized spacial score (nSPS) is 11.9. The van der Waals surface area contributed by atoms with Crippen molar-refractivity contribution in [3.63, 3.8) is 0 Å². The lowest BCUT2D eigenvalue weighted by Crippen LogP contribution is -2.01. The van der Waals surface area contributed by atoms with Gasteiger partial charge < -0.3 is 8.98 Å². The Balaban J connectivity index is 0.982. The molecule has 0 aliphatic heterocycles. The summed E-state index contributed by atoms with van der Waals surface area (Å²) in [4.78, 5) is 10.2. The van der Waals surface area contributed by atoms with Gasteiger partial charge in [0.25, 0.3) is 0 Å². The van der Waals surface area contributed by atoms with Crippen molar-refractivity contribution in [2.75, 3.05) is 0 Å². The van der Waals surface area contributed by atoms with Crippen LogP contribution in [0.4, 0.5) is 0 Å². The van der Waals surface area contributed by atoms with Crippen LogP contribution in [0.3, 0.4) is 0 Å². The van der Waals surface area contributed by atoms with Crippen molar-refractivity contribution in [1.82, 2.24) is 19.1 Å². The molecule has 13 rings (SSSR count). The van der Waals surface area contributed by atoms with Crippen LogP contribution in [0.5, 0.6) is 0 Å². The molecule has 0 bridgehead atoms. The molecule has 5 aromatic heterocycles. The monoisotopic (exact) mass is 778 g/mol. The quantitative estimate of drug-likeness (QED) is 0.175. The fourth-order valence-electron chi connectivity index (χ4n) is 9.60. The van der Waals surface area contributed by atoms with Gasteiger partial charge in [-0.1, -0.05) is 121 Å².